The lowest BCUT2D eigenvalue weighted by Crippen LogP contribution is -2.34. The van der Waals surface area contributed by atoms with E-state index >= 15 is 0 Å². The van der Waals surface area contributed by atoms with Crippen molar-refractivity contribution in [1.29, 1.82) is 0 Å². The molecule has 0 spiro atoms. The van der Waals surface area contributed by atoms with E-state index in [2.05, 4.69) is 10.3 Å². The van der Waals surface area contributed by atoms with Crippen molar-refractivity contribution in [3.05, 3.63) is 82.5 Å². The highest BCUT2D eigenvalue weighted by Crippen LogP contribution is 2.31. The van der Waals surface area contributed by atoms with Crippen LogP contribution in [-0.2, 0) is 16.0 Å². The number of amides is 1. The number of aromatic nitrogens is 1. The maximum absolute atomic E-state index is 12.6. The first-order chi connectivity index (χ1) is 19.2. The van der Waals surface area contributed by atoms with Gasteiger partial charge in [-0.25, -0.2) is 4.98 Å². The Labute approximate surface area is 236 Å². The average Bonchev–Trinajstić information content (AvgIpc) is 2.93. The monoisotopic (exact) mass is 544 g/mol. The molecule has 0 fully saturated rings. The standard InChI is InChI=1S/C33H40N2O5/c1-5-33(6-2,32(38)39)22-29(36)34-28-14-9-12-25(21-28)16-17-27-13-10-15-30(35-27)40-18-8-7-11-26-19-23(3)31(37)24(4)20-26/h9-10,12-17,19-21,37H,5-8,11,18,22H2,1-4H3,(H,34,36)(H,38,39). The molecule has 0 saturated heterocycles. The van der Waals surface area contributed by atoms with Crippen molar-refractivity contribution in [2.75, 3.05) is 11.9 Å². The van der Waals surface area contributed by atoms with E-state index in [1.165, 1.54) is 5.56 Å². The van der Waals surface area contributed by atoms with Crippen LogP contribution in [-0.4, -0.2) is 33.7 Å². The van der Waals surface area contributed by atoms with Gasteiger partial charge in [-0.2, -0.15) is 0 Å². The van der Waals surface area contributed by atoms with Crippen molar-refractivity contribution >= 4 is 29.7 Å². The van der Waals surface area contributed by atoms with Crippen LogP contribution in [0, 0.1) is 19.3 Å². The fourth-order valence-corrected chi connectivity index (χ4v) is 4.69. The largest absolute Gasteiger partial charge is 0.507 e. The number of unbranched alkanes of at least 4 members (excludes halogenated alkanes) is 1. The summed E-state index contributed by atoms with van der Waals surface area (Å²) >= 11 is 0. The van der Waals surface area contributed by atoms with Crippen LogP contribution in [0.5, 0.6) is 11.6 Å². The fourth-order valence-electron chi connectivity index (χ4n) is 4.69. The SMILES string of the molecule is CCC(CC)(CC(=O)Nc1cccc(C=Cc2cccc(OCCCCc3cc(C)c(O)c(C)c3)n2)c1)C(=O)O. The summed E-state index contributed by atoms with van der Waals surface area (Å²) < 4.78 is 5.87. The number of nitrogens with zero attached hydrogens (tertiary/aromatic N) is 1. The van der Waals surface area contributed by atoms with E-state index in [0.717, 1.165) is 41.6 Å². The van der Waals surface area contributed by atoms with Gasteiger partial charge in [0.2, 0.25) is 11.8 Å². The zero-order valence-electron chi connectivity index (χ0n) is 23.9. The second kappa shape index (κ2) is 14.3. The van der Waals surface area contributed by atoms with Crippen molar-refractivity contribution in [2.24, 2.45) is 5.41 Å². The molecule has 0 radical (unpaired) electrons. The zero-order chi connectivity index (χ0) is 29.1. The molecule has 0 aliphatic heterocycles. The van der Waals surface area contributed by atoms with Crippen molar-refractivity contribution < 1.29 is 24.5 Å². The number of phenols is 1. The van der Waals surface area contributed by atoms with E-state index in [9.17, 15) is 19.8 Å². The third-order valence-electron chi connectivity index (χ3n) is 7.33. The Hall–Kier alpha value is -4.13. The van der Waals surface area contributed by atoms with Gasteiger partial charge in [0.05, 0.1) is 17.7 Å². The Bertz CT molecular complexity index is 1320. The van der Waals surface area contributed by atoms with Crippen molar-refractivity contribution in [3.63, 3.8) is 0 Å². The number of aliphatic carboxylic acids is 1. The highest BCUT2D eigenvalue weighted by Gasteiger charge is 2.37. The topological polar surface area (TPSA) is 109 Å². The molecule has 0 saturated carbocycles. The van der Waals surface area contributed by atoms with Crippen LogP contribution in [0.3, 0.4) is 0 Å². The van der Waals surface area contributed by atoms with E-state index in [1.54, 1.807) is 19.9 Å². The molecule has 7 heteroatoms. The van der Waals surface area contributed by atoms with E-state index in [-0.39, 0.29) is 12.3 Å². The number of aromatic hydroxyl groups is 1. The number of rotatable bonds is 14. The normalized spacial score (nSPS) is 11.5. The predicted molar refractivity (Wildman–Crippen MR) is 160 cm³/mol. The highest BCUT2D eigenvalue weighted by molar-refractivity contribution is 5.94. The first-order valence-corrected chi connectivity index (χ1v) is 13.9. The number of phenolic OH excluding ortho intramolecular Hbond substituents is 1. The number of ether oxygens (including phenoxy) is 1. The number of carboxylic acid groups (broad SMARTS) is 1. The van der Waals surface area contributed by atoms with Crippen molar-refractivity contribution in [3.8, 4) is 11.6 Å². The molecule has 0 aliphatic rings. The molecule has 1 aromatic heterocycles. The van der Waals surface area contributed by atoms with Gasteiger partial charge in [0.25, 0.3) is 0 Å². The highest BCUT2D eigenvalue weighted by atomic mass is 16.5. The molecule has 212 valence electrons. The summed E-state index contributed by atoms with van der Waals surface area (Å²) in [5.41, 5.74) is 4.22. The minimum Gasteiger partial charge on any atom is -0.507 e. The first kappa shape index (κ1) is 30.4. The smallest absolute Gasteiger partial charge is 0.310 e. The van der Waals surface area contributed by atoms with Crippen molar-refractivity contribution in [1.82, 2.24) is 4.98 Å². The van der Waals surface area contributed by atoms with Gasteiger partial charge < -0.3 is 20.3 Å². The number of hydrogen-bond acceptors (Lipinski definition) is 5. The minimum absolute atomic E-state index is 0.0672. The zero-order valence-corrected chi connectivity index (χ0v) is 23.9. The number of nitrogens with one attached hydrogen (secondary N) is 1. The van der Waals surface area contributed by atoms with Crippen LogP contribution < -0.4 is 10.1 Å². The number of anilines is 1. The third-order valence-corrected chi connectivity index (χ3v) is 7.33. The fraction of sp³-hybridized carbons (Fsp3) is 0.364. The molecule has 7 nitrogen and oxygen atoms in total. The second-order valence-corrected chi connectivity index (χ2v) is 10.3. The summed E-state index contributed by atoms with van der Waals surface area (Å²) in [7, 11) is 0. The van der Waals surface area contributed by atoms with Crippen molar-refractivity contribution in [2.45, 2.75) is 66.2 Å². The minimum atomic E-state index is -1.05. The number of carbonyl (C=O) groups excluding carboxylic acids is 1. The first-order valence-electron chi connectivity index (χ1n) is 13.9. The maximum atomic E-state index is 12.6. The second-order valence-electron chi connectivity index (χ2n) is 10.3. The Kier molecular flexibility index (Phi) is 10.9. The molecule has 1 heterocycles. The molecule has 1 amide bonds. The van der Waals surface area contributed by atoms with Gasteiger partial charge in [-0.1, -0.05) is 50.3 Å². The van der Waals surface area contributed by atoms with E-state index in [1.807, 2.05) is 74.5 Å². The summed E-state index contributed by atoms with van der Waals surface area (Å²) in [6.07, 6.45) is 7.30. The number of carbonyl (C=O) groups is 2. The number of benzene rings is 2. The van der Waals surface area contributed by atoms with E-state index < -0.39 is 11.4 Å². The van der Waals surface area contributed by atoms with E-state index in [4.69, 9.17) is 4.74 Å². The van der Waals surface area contributed by atoms with Crippen LogP contribution in [0.15, 0.2) is 54.6 Å². The Morgan fingerprint density at radius 3 is 2.35 bits per heavy atom. The molecule has 0 aliphatic carbocycles. The van der Waals surface area contributed by atoms with Crippen LogP contribution in [0.1, 0.15) is 73.9 Å². The van der Waals surface area contributed by atoms with Crippen LogP contribution in [0.25, 0.3) is 12.2 Å². The lowest BCUT2D eigenvalue weighted by Gasteiger charge is -2.25. The molecule has 2 aromatic carbocycles. The number of carboxylic acids is 1. The molecule has 3 rings (SSSR count). The predicted octanol–water partition coefficient (Wildman–Crippen LogP) is 7.20. The molecule has 3 aromatic rings. The number of hydrogen-bond donors (Lipinski definition) is 3. The lowest BCUT2D eigenvalue weighted by atomic mass is 9.79. The molecular weight excluding hydrogens is 504 g/mol. The molecule has 40 heavy (non-hydrogen) atoms. The summed E-state index contributed by atoms with van der Waals surface area (Å²) in [5.74, 6) is -0.322. The molecule has 0 bridgehead atoms. The maximum Gasteiger partial charge on any atom is 0.310 e. The molecule has 0 unspecified atom stereocenters. The molecule has 3 N–H and O–H groups in total. The molecule has 0 atom stereocenters. The Morgan fingerprint density at radius 1 is 0.975 bits per heavy atom. The Morgan fingerprint density at radius 2 is 1.68 bits per heavy atom. The molecular formula is C33H40N2O5. The van der Waals surface area contributed by atoms with Gasteiger partial charge in [0, 0.05) is 18.2 Å². The van der Waals surface area contributed by atoms with Gasteiger partial charge >= 0.3 is 5.97 Å². The van der Waals surface area contributed by atoms with Gasteiger partial charge in [-0.3, -0.25) is 9.59 Å². The Balaban J connectivity index is 1.51. The average molecular weight is 545 g/mol. The quantitative estimate of drug-likeness (QED) is 0.185. The van der Waals surface area contributed by atoms with Gasteiger partial charge in [0.1, 0.15) is 5.75 Å². The summed E-state index contributed by atoms with van der Waals surface area (Å²) in [5, 5.41) is 22.4. The number of pyridine rings is 1. The van der Waals surface area contributed by atoms with Gasteiger partial charge in [-0.05, 0) is 92.5 Å². The van der Waals surface area contributed by atoms with Crippen LogP contribution >= 0.6 is 0 Å². The van der Waals surface area contributed by atoms with Gasteiger partial charge in [0.15, 0.2) is 0 Å². The lowest BCUT2D eigenvalue weighted by molar-refractivity contribution is -0.151. The van der Waals surface area contributed by atoms with Gasteiger partial charge in [-0.15, -0.1) is 0 Å². The summed E-state index contributed by atoms with van der Waals surface area (Å²) in [4.78, 5) is 28.9. The van der Waals surface area contributed by atoms with Crippen LogP contribution in [0.4, 0.5) is 5.69 Å². The van der Waals surface area contributed by atoms with Crippen LogP contribution in [0.2, 0.25) is 0 Å². The number of aryl methyl sites for hydroxylation is 3. The summed E-state index contributed by atoms with van der Waals surface area (Å²) in [6.45, 7) is 8.00. The summed E-state index contributed by atoms with van der Waals surface area (Å²) in [6, 6.07) is 17.1. The van der Waals surface area contributed by atoms with E-state index in [0.29, 0.717) is 36.8 Å². The third kappa shape index (κ3) is 8.43.